The fraction of sp³-hybridized carbons (Fsp3) is 0.571. The number of thiophene rings is 1. The van der Waals surface area contributed by atoms with Crippen molar-refractivity contribution in [2.24, 2.45) is 22.7 Å². The zero-order valence-corrected chi connectivity index (χ0v) is 16.7. The summed E-state index contributed by atoms with van der Waals surface area (Å²) in [6, 6.07) is 4.29. The highest BCUT2D eigenvalue weighted by molar-refractivity contribution is 7.12. The number of halogens is 1. The van der Waals surface area contributed by atoms with Crippen molar-refractivity contribution in [1.82, 2.24) is 5.32 Å². The Morgan fingerprint density at radius 2 is 1.72 bits per heavy atom. The van der Waals surface area contributed by atoms with Crippen molar-refractivity contribution in [3.8, 4) is 0 Å². The molecule has 4 bridgehead atoms. The third-order valence-electron chi connectivity index (χ3n) is 6.84. The number of rotatable bonds is 3. The topological polar surface area (TPSA) is 24.4 Å². The first-order valence-electron chi connectivity index (χ1n) is 9.40. The summed E-state index contributed by atoms with van der Waals surface area (Å²) >= 11 is 1.78. The van der Waals surface area contributed by atoms with Crippen LogP contribution in [0.2, 0.25) is 0 Å². The highest BCUT2D eigenvalue weighted by atomic mass is 35.5. The molecule has 0 atom stereocenters. The Hall–Kier alpha value is -1.06. The number of hydrogen-bond acceptors (Lipinski definition) is 3. The standard InChI is InChI=1S/C21H26N2S.ClH/c1-13-14(2)20(19-4-3-5-24-19)23-18(13)12-22-21-9-15-6-16(10-21)8-17(7-15)11-21;/h3-5,12,15-17,22H,6-11H2,1-2H3;1H. The number of nitrogens with zero attached hydrogens (tertiary/aromatic N) is 1. The summed E-state index contributed by atoms with van der Waals surface area (Å²) in [5.41, 5.74) is 5.34. The predicted molar refractivity (Wildman–Crippen MR) is 109 cm³/mol. The first kappa shape index (κ1) is 17.4. The van der Waals surface area contributed by atoms with Crippen LogP contribution in [0, 0.1) is 17.8 Å². The Morgan fingerprint density at radius 1 is 1.08 bits per heavy atom. The number of aliphatic imine (C=N–C) groups is 1. The van der Waals surface area contributed by atoms with Gasteiger partial charge in [-0.2, -0.15) is 0 Å². The molecule has 25 heavy (non-hydrogen) atoms. The molecular formula is C21H27ClN2S. The molecule has 1 aromatic heterocycles. The molecule has 4 fully saturated rings. The first-order chi connectivity index (χ1) is 11.6. The highest BCUT2D eigenvalue weighted by Crippen LogP contribution is 2.55. The average Bonchev–Trinajstić information content (AvgIpc) is 3.15. The third kappa shape index (κ3) is 2.90. The van der Waals surface area contributed by atoms with Gasteiger partial charge in [-0.15, -0.1) is 23.7 Å². The maximum atomic E-state index is 4.96. The molecule has 6 rings (SSSR count). The molecule has 0 amide bonds. The molecule has 1 aliphatic heterocycles. The van der Waals surface area contributed by atoms with E-state index in [9.17, 15) is 0 Å². The maximum Gasteiger partial charge on any atom is 0.0842 e. The maximum absolute atomic E-state index is 4.96. The summed E-state index contributed by atoms with van der Waals surface area (Å²) in [5, 5.41) is 6.02. The Kier molecular flexibility index (Phi) is 4.36. The molecule has 4 saturated carbocycles. The molecule has 1 aromatic rings. The van der Waals surface area contributed by atoms with Crippen LogP contribution in [0.25, 0.3) is 0 Å². The van der Waals surface area contributed by atoms with E-state index in [1.165, 1.54) is 60.3 Å². The van der Waals surface area contributed by atoms with E-state index in [0.717, 1.165) is 23.5 Å². The van der Waals surface area contributed by atoms with E-state index < -0.39 is 0 Å². The lowest BCUT2D eigenvalue weighted by Gasteiger charge is -2.57. The van der Waals surface area contributed by atoms with Crippen LogP contribution in [0.15, 0.2) is 45.5 Å². The van der Waals surface area contributed by atoms with Gasteiger partial charge in [0.2, 0.25) is 0 Å². The summed E-state index contributed by atoms with van der Waals surface area (Å²) in [4.78, 5) is 6.24. The second kappa shape index (κ2) is 6.28. The van der Waals surface area contributed by atoms with Crippen LogP contribution >= 0.6 is 23.7 Å². The quantitative estimate of drug-likeness (QED) is 0.720. The van der Waals surface area contributed by atoms with Crippen molar-refractivity contribution < 1.29 is 0 Å². The predicted octanol–water partition coefficient (Wildman–Crippen LogP) is 5.71. The molecule has 0 spiro atoms. The number of hydrogen-bond donors (Lipinski definition) is 1. The summed E-state index contributed by atoms with van der Waals surface area (Å²) in [6.07, 6.45) is 10.9. The second-order valence-electron chi connectivity index (χ2n) is 8.56. The van der Waals surface area contributed by atoms with Crippen molar-refractivity contribution in [2.45, 2.75) is 57.9 Å². The minimum atomic E-state index is 0. The lowest BCUT2D eigenvalue weighted by Crippen LogP contribution is -2.57. The molecule has 0 unspecified atom stereocenters. The van der Waals surface area contributed by atoms with Crippen molar-refractivity contribution in [3.63, 3.8) is 0 Å². The van der Waals surface area contributed by atoms with Crippen LogP contribution in [0.5, 0.6) is 0 Å². The summed E-state index contributed by atoms with van der Waals surface area (Å²) in [5.74, 6) is 2.94. The molecule has 0 radical (unpaired) electrons. The Morgan fingerprint density at radius 3 is 2.28 bits per heavy atom. The number of allylic oxidation sites excluding steroid dienone is 2. The van der Waals surface area contributed by atoms with Crippen LogP contribution in [-0.4, -0.2) is 11.3 Å². The molecule has 0 aromatic carbocycles. The van der Waals surface area contributed by atoms with E-state index in [0.29, 0.717) is 5.54 Å². The Bertz CT molecular complexity index is 722. The molecule has 2 nitrogen and oxygen atoms in total. The van der Waals surface area contributed by atoms with Gasteiger partial charge in [0.1, 0.15) is 0 Å². The van der Waals surface area contributed by atoms with Crippen LogP contribution in [0.1, 0.15) is 57.2 Å². The zero-order chi connectivity index (χ0) is 16.3. The molecular weight excluding hydrogens is 348 g/mol. The summed E-state index contributed by atoms with van der Waals surface area (Å²) < 4.78 is 0. The smallest absolute Gasteiger partial charge is 0.0842 e. The van der Waals surface area contributed by atoms with E-state index in [1.54, 1.807) is 11.3 Å². The van der Waals surface area contributed by atoms with E-state index in [4.69, 9.17) is 4.99 Å². The summed E-state index contributed by atoms with van der Waals surface area (Å²) in [6.45, 7) is 4.42. The SMILES string of the molecule is CC1=C(C)C(c2cccs2)=NC1=CNC12CC3CC(CC(C3)C1)C2.Cl. The molecule has 5 aliphatic rings. The highest BCUT2D eigenvalue weighted by Gasteiger charge is 2.50. The van der Waals surface area contributed by atoms with Gasteiger partial charge >= 0.3 is 0 Å². The van der Waals surface area contributed by atoms with Crippen LogP contribution in [0.4, 0.5) is 0 Å². The minimum absolute atomic E-state index is 0. The van der Waals surface area contributed by atoms with Gasteiger partial charge < -0.3 is 5.32 Å². The fourth-order valence-electron chi connectivity index (χ4n) is 5.96. The molecule has 1 N–H and O–H groups in total. The largest absolute Gasteiger partial charge is 0.384 e. The molecule has 4 heteroatoms. The zero-order valence-electron chi connectivity index (χ0n) is 15.0. The van der Waals surface area contributed by atoms with Crippen molar-refractivity contribution in [1.29, 1.82) is 0 Å². The van der Waals surface area contributed by atoms with Gasteiger partial charge in [-0.25, -0.2) is 4.99 Å². The number of nitrogens with one attached hydrogen (secondary N) is 1. The first-order valence-corrected chi connectivity index (χ1v) is 10.3. The fourth-order valence-corrected chi connectivity index (χ4v) is 6.73. The van der Waals surface area contributed by atoms with Crippen molar-refractivity contribution in [3.05, 3.63) is 45.4 Å². The van der Waals surface area contributed by atoms with Crippen LogP contribution in [-0.2, 0) is 0 Å². The van der Waals surface area contributed by atoms with E-state index in [1.807, 2.05) is 0 Å². The van der Waals surface area contributed by atoms with E-state index in [-0.39, 0.29) is 12.4 Å². The van der Waals surface area contributed by atoms with Gasteiger partial charge in [-0.1, -0.05) is 6.07 Å². The van der Waals surface area contributed by atoms with Crippen LogP contribution in [0.3, 0.4) is 0 Å². The van der Waals surface area contributed by atoms with E-state index in [2.05, 4.69) is 42.9 Å². The molecule has 0 saturated heterocycles. The van der Waals surface area contributed by atoms with Crippen molar-refractivity contribution in [2.75, 3.05) is 0 Å². The van der Waals surface area contributed by atoms with E-state index >= 15 is 0 Å². The lowest BCUT2D eigenvalue weighted by molar-refractivity contribution is -0.0130. The normalized spacial score (nSPS) is 37.4. The monoisotopic (exact) mass is 374 g/mol. The molecule has 134 valence electrons. The average molecular weight is 375 g/mol. The Labute approximate surface area is 160 Å². The second-order valence-corrected chi connectivity index (χ2v) is 9.51. The third-order valence-corrected chi connectivity index (χ3v) is 7.72. The molecule has 4 aliphatic carbocycles. The van der Waals surface area contributed by atoms with Crippen LogP contribution < -0.4 is 5.32 Å². The van der Waals surface area contributed by atoms with Gasteiger partial charge in [-0.3, -0.25) is 0 Å². The van der Waals surface area contributed by atoms with Gasteiger partial charge in [0.25, 0.3) is 0 Å². The van der Waals surface area contributed by atoms with Gasteiger partial charge in [0.05, 0.1) is 16.3 Å². The van der Waals surface area contributed by atoms with Gasteiger partial charge in [-0.05, 0) is 92.7 Å². The minimum Gasteiger partial charge on any atom is -0.384 e. The van der Waals surface area contributed by atoms with Crippen molar-refractivity contribution >= 4 is 29.5 Å². The lowest BCUT2D eigenvalue weighted by atomic mass is 9.53. The van der Waals surface area contributed by atoms with Gasteiger partial charge in [0.15, 0.2) is 0 Å². The van der Waals surface area contributed by atoms with Gasteiger partial charge in [0, 0.05) is 11.7 Å². The summed E-state index contributed by atoms with van der Waals surface area (Å²) in [7, 11) is 0. The molecule has 2 heterocycles. The Balaban J connectivity index is 0.00000157.